The van der Waals surface area contributed by atoms with Crippen LogP contribution in [-0.4, -0.2) is 49.6 Å². The average Bonchev–Trinajstić information content (AvgIpc) is 2.82. The van der Waals surface area contributed by atoms with Gasteiger partial charge in [0, 0.05) is 12.6 Å². The topological polar surface area (TPSA) is 45.6 Å². The molecule has 1 aromatic rings. The molecular formula is C16H31N3O. The minimum Gasteiger partial charge on any atom is -0.465 e. The lowest BCUT2D eigenvalue weighted by Crippen LogP contribution is -2.41. The maximum absolute atomic E-state index is 6.35. The minimum atomic E-state index is 0.111. The molecule has 116 valence electrons. The fourth-order valence-corrected chi connectivity index (χ4v) is 2.58. The predicted molar refractivity (Wildman–Crippen MR) is 84.9 cm³/mol. The van der Waals surface area contributed by atoms with E-state index in [0.717, 1.165) is 44.0 Å². The zero-order valence-electron chi connectivity index (χ0n) is 13.7. The first-order valence-corrected chi connectivity index (χ1v) is 7.70. The first kappa shape index (κ1) is 17.2. The third kappa shape index (κ3) is 4.93. The number of aryl methyl sites for hydroxylation is 1. The van der Waals surface area contributed by atoms with E-state index in [-0.39, 0.29) is 12.1 Å². The molecule has 1 heterocycles. The van der Waals surface area contributed by atoms with E-state index in [2.05, 4.69) is 43.8 Å². The Bertz CT molecular complexity index is 376. The molecule has 20 heavy (non-hydrogen) atoms. The fourth-order valence-electron chi connectivity index (χ4n) is 2.58. The Morgan fingerprint density at radius 2 is 1.90 bits per heavy atom. The zero-order valence-corrected chi connectivity index (χ0v) is 13.7. The van der Waals surface area contributed by atoms with Crippen molar-refractivity contribution in [3.63, 3.8) is 0 Å². The van der Waals surface area contributed by atoms with Crippen LogP contribution in [0.5, 0.6) is 0 Å². The molecule has 0 bridgehead atoms. The second kappa shape index (κ2) is 8.45. The summed E-state index contributed by atoms with van der Waals surface area (Å²) < 4.78 is 5.85. The van der Waals surface area contributed by atoms with Gasteiger partial charge in [-0.3, -0.25) is 4.90 Å². The summed E-state index contributed by atoms with van der Waals surface area (Å²) in [5.41, 5.74) is 6.35. The zero-order chi connectivity index (χ0) is 15.1. The van der Waals surface area contributed by atoms with Crippen LogP contribution in [0.1, 0.15) is 44.3 Å². The average molecular weight is 281 g/mol. The molecule has 0 saturated heterocycles. The molecule has 0 aromatic carbocycles. The van der Waals surface area contributed by atoms with Crippen LogP contribution < -0.4 is 5.73 Å². The summed E-state index contributed by atoms with van der Waals surface area (Å²) in [5, 5.41) is 0. The Labute approximate surface area is 123 Å². The Morgan fingerprint density at radius 1 is 1.20 bits per heavy atom. The highest BCUT2D eigenvalue weighted by Crippen LogP contribution is 2.26. The van der Waals surface area contributed by atoms with Crippen molar-refractivity contribution in [3.05, 3.63) is 23.7 Å². The summed E-state index contributed by atoms with van der Waals surface area (Å²) >= 11 is 0. The van der Waals surface area contributed by atoms with E-state index in [4.69, 9.17) is 10.2 Å². The van der Waals surface area contributed by atoms with Crippen LogP contribution in [0, 0.1) is 6.92 Å². The highest BCUT2D eigenvalue weighted by Gasteiger charge is 2.27. The maximum Gasteiger partial charge on any atom is 0.122 e. The number of furan rings is 1. The van der Waals surface area contributed by atoms with Gasteiger partial charge >= 0.3 is 0 Å². The standard InChI is InChI=1S/C16H31N3O/c1-6-14(17)16(15-10-9-13(3)20-15)19(7-2)12-8-11-18(4)5/h9-10,14,16H,6-8,11-12,17H2,1-5H3. The molecule has 0 amide bonds. The van der Waals surface area contributed by atoms with Gasteiger partial charge in [-0.15, -0.1) is 0 Å². The number of hydrogen-bond donors (Lipinski definition) is 1. The second-order valence-corrected chi connectivity index (χ2v) is 5.75. The third-order valence-corrected chi connectivity index (χ3v) is 3.78. The van der Waals surface area contributed by atoms with Crippen LogP contribution in [0.25, 0.3) is 0 Å². The SMILES string of the molecule is CCC(N)C(c1ccc(C)o1)N(CC)CCCN(C)C. The Kier molecular flexibility index (Phi) is 7.27. The van der Waals surface area contributed by atoms with Crippen molar-refractivity contribution in [1.29, 1.82) is 0 Å². The molecule has 1 rings (SSSR count). The van der Waals surface area contributed by atoms with Crippen LogP contribution in [-0.2, 0) is 0 Å². The molecule has 0 saturated carbocycles. The van der Waals surface area contributed by atoms with Crippen LogP contribution in [0.15, 0.2) is 16.5 Å². The van der Waals surface area contributed by atoms with E-state index in [9.17, 15) is 0 Å². The van der Waals surface area contributed by atoms with Gasteiger partial charge in [0.25, 0.3) is 0 Å². The minimum absolute atomic E-state index is 0.111. The van der Waals surface area contributed by atoms with Gasteiger partial charge < -0.3 is 15.1 Å². The largest absolute Gasteiger partial charge is 0.465 e. The van der Waals surface area contributed by atoms with Gasteiger partial charge in [0.1, 0.15) is 11.5 Å². The van der Waals surface area contributed by atoms with E-state index in [1.54, 1.807) is 0 Å². The van der Waals surface area contributed by atoms with Crippen molar-refractivity contribution >= 4 is 0 Å². The van der Waals surface area contributed by atoms with Crippen molar-refractivity contribution in [1.82, 2.24) is 9.80 Å². The summed E-state index contributed by atoms with van der Waals surface area (Å²) in [6.07, 6.45) is 2.10. The first-order chi connectivity index (χ1) is 9.49. The number of likely N-dealkylation sites (N-methyl/N-ethyl adjacent to an activating group) is 1. The molecule has 0 aliphatic rings. The van der Waals surface area contributed by atoms with Crippen LogP contribution in [0.3, 0.4) is 0 Å². The normalized spacial score (nSPS) is 15.0. The number of hydrogen-bond acceptors (Lipinski definition) is 4. The number of nitrogens with two attached hydrogens (primary N) is 1. The summed E-state index contributed by atoms with van der Waals surface area (Å²) in [6, 6.07) is 4.39. The Morgan fingerprint density at radius 3 is 2.35 bits per heavy atom. The van der Waals surface area contributed by atoms with Gasteiger partial charge in [-0.2, -0.15) is 0 Å². The quantitative estimate of drug-likeness (QED) is 0.756. The van der Waals surface area contributed by atoms with E-state index in [1.165, 1.54) is 0 Å². The lowest BCUT2D eigenvalue weighted by atomic mass is 10.0. The lowest BCUT2D eigenvalue weighted by molar-refractivity contribution is 0.148. The van der Waals surface area contributed by atoms with Gasteiger partial charge in [-0.25, -0.2) is 0 Å². The van der Waals surface area contributed by atoms with Crippen LogP contribution in [0.4, 0.5) is 0 Å². The van der Waals surface area contributed by atoms with Crippen molar-refractivity contribution < 1.29 is 4.42 Å². The highest BCUT2D eigenvalue weighted by molar-refractivity contribution is 5.12. The van der Waals surface area contributed by atoms with E-state index >= 15 is 0 Å². The number of rotatable bonds is 9. The lowest BCUT2D eigenvalue weighted by Gasteiger charge is -2.33. The van der Waals surface area contributed by atoms with E-state index < -0.39 is 0 Å². The molecule has 2 atom stereocenters. The van der Waals surface area contributed by atoms with E-state index in [1.807, 2.05) is 13.0 Å². The Balaban J connectivity index is 2.79. The molecular weight excluding hydrogens is 250 g/mol. The van der Waals surface area contributed by atoms with Gasteiger partial charge in [-0.05, 0) is 59.1 Å². The van der Waals surface area contributed by atoms with Crippen LogP contribution >= 0.6 is 0 Å². The molecule has 0 fully saturated rings. The molecule has 0 radical (unpaired) electrons. The Hall–Kier alpha value is -0.840. The van der Waals surface area contributed by atoms with Gasteiger partial charge in [0.2, 0.25) is 0 Å². The van der Waals surface area contributed by atoms with Crippen molar-refractivity contribution in [2.45, 2.75) is 45.7 Å². The monoisotopic (exact) mass is 281 g/mol. The summed E-state index contributed by atoms with van der Waals surface area (Å²) in [4.78, 5) is 4.66. The van der Waals surface area contributed by atoms with Crippen LogP contribution in [0.2, 0.25) is 0 Å². The first-order valence-electron chi connectivity index (χ1n) is 7.70. The fraction of sp³-hybridized carbons (Fsp3) is 0.750. The molecule has 4 nitrogen and oxygen atoms in total. The third-order valence-electron chi connectivity index (χ3n) is 3.78. The summed E-state index contributed by atoms with van der Waals surface area (Å²) in [5.74, 6) is 1.96. The molecule has 1 aromatic heterocycles. The van der Waals surface area contributed by atoms with Gasteiger partial charge in [0.15, 0.2) is 0 Å². The highest BCUT2D eigenvalue weighted by atomic mass is 16.3. The number of nitrogens with zero attached hydrogens (tertiary/aromatic N) is 2. The second-order valence-electron chi connectivity index (χ2n) is 5.75. The molecule has 0 aliphatic carbocycles. The maximum atomic E-state index is 6.35. The predicted octanol–water partition coefficient (Wildman–Crippen LogP) is 2.64. The van der Waals surface area contributed by atoms with Gasteiger partial charge in [0.05, 0.1) is 6.04 Å². The molecule has 2 unspecified atom stereocenters. The molecule has 0 aliphatic heterocycles. The molecule has 4 heteroatoms. The van der Waals surface area contributed by atoms with Gasteiger partial charge in [-0.1, -0.05) is 13.8 Å². The van der Waals surface area contributed by atoms with Crippen molar-refractivity contribution in [2.24, 2.45) is 5.73 Å². The van der Waals surface area contributed by atoms with E-state index in [0.29, 0.717) is 0 Å². The smallest absolute Gasteiger partial charge is 0.122 e. The molecule has 2 N–H and O–H groups in total. The van der Waals surface area contributed by atoms with Crippen molar-refractivity contribution in [2.75, 3.05) is 33.7 Å². The summed E-state index contributed by atoms with van der Waals surface area (Å²) in [7, 11) is 4.23. The van der Waals surface area contributed by atoms with Crippen molar-refractivity contribution in [3.8, 4) is 0 Å². The summed E-state index contributed by atoms with van der Waals surface area (Å²) in [6.45, 7) is 9.46. The molecule has 0 spiro atoms.